The van der Waals surface area contributed by atoms with E-state index in [-0.39, 0.29) is 0 Å². The van der Waals surface area contributed by atoms with Crippen molar-refractivity contribution in [2.75, 3.05) is 0 Å². The first-order valence-corrected chi connectivity index (χ1v) is 15.8. The molecule has 0 fully saturated rings. The highest BCUT2D eigenvalue weighted by Gasteiger charge is 2.17. The van der Waals surface area contributed by atoms with Crippen LogP contribution in [0.15, 0.2) is 36.4 Å². The molecule has 0 aliphatic carbocycles. The van der Waals surface area contributed by atoms with Gasteiger partial charge >= 0.3 is 0 Å². The smallest absolute Gasteiger partial charge is 0.00212 e. The molecular weight excluding hydrogens is 456 g/mol. The van der Waals surface area contributed by atoms with E-state index in [1.807, 2.05) is 0 Å². The molecule has 0 amide bonds. The lowest BCUT2D eigenvalue weighted by molar-refractivity contribution is 0.437. The van der Waals surface area contributed by atoms with E-state index in [4.69, 9.17) is 0 Å². The van der Waals surface area contributed by atoms with E-state index in [9.17, 15) is 0 Å². The molecule has 4 rings (SSSR count). The van der Waals surface area contributed by atoms with E-state index in [1.54, 1.807) is 11.1 Å². The van der Waals surface area contributed by atoms with Crippen molar-refractivity contribution in [3.05, 3.63) is 58.7 Å². The quantitative estimate of drug-likeness (QED) is 0.148. The molecule has 0 nitrogen and oxygen atoms in total. The molecule has 38 heavy (non-hydrogen) atoms. The Bertz CT molecular complexity index is 1220. The second kappa shape index (κ2) is 12.8. The van der Waals surface area contributed by atoms with E-state index in [0.29, 0.717) is 0 Å². The third kappa shape index (κ3) is 6.73. The Balaban J connectivity index is 1.63. The fourth-order valence-electron chi connectivity index (χ4n) is 6.78. The third-order valence-corrected chi connectivity index (χ3v) is 9.25. The standard InChI is InChI=1S/C38H54/c1-25(2)11-9-13-27(5)15-17-31-23-29(7)33-19-20-34-30(8)24-32(18-16-28(6)14-10-12-26(3)4)36-22-21-35(31)37(33)38(34)36/h19-28H,9-18H2,1-8H3. The van der Waals surface area contributed by atoms with E-state index in [1.165, 1.54) is 108 Å². The molecule has 0 aromatic heterocycles. The van der Waals surface area contributed by atoms with Gasteiger partial charge in [0.1, 0.15) is 0 Å². The zero-order valence-electron chi connectivity index (χ0n) is 25.8. The minimum Gasteiger partial charge on any atom is -0.0628 e. The van der Waals surface area contributed by atoms with Crippen LogP contribution < -0.4 is 0 Å². The van der Waals surface area contributed by atoms with Gasteiger partial charge in [-0.2, -0.15) is 0 Å². The van der Waals surface area contributed by atoms with Crippen molar-refractivity contribution < 1.29 is 0 Å². The number of rotatable bonds is 14. The first kappa shape index (κ1) is 28.9. The Hall–Kier alpha value is -2.08. The molecule has 4 aromatic rings. The number of hydrogen-bond acceptors (Lipinski definition) is 0. The van der Waals surface area contributed by atoms with Crippen LogP contribution in [0.2, 0.25) is 0 Å². The Kier molecular flexibility index (Phi) is 9.78. The van der Waals surface area contributed by atoms with Crippen LogP contribution in [0.4, 0.5) is 0 Å². The fourth-order valence-corrected chi connectivity index (χ4v) is 6.78. The predicted octanol–water partition coefficient (Wildman–Crippen LogP) is 12.0. The molecule has 0 radical (unpaired) electrons. The second-order valence-electron chi connectivity index (χ2n) is 13.7. The van der Waals surface area contributed by atoms with Gasteiger partial charge in [-0.25, -0.2) is 0 Å². The Morgan fingerprint density at radius 2 is 0.842 bits per heavy atom. The van der Waals surface area contributed by atoms with Crippen LogP contribution in [0.1, 0.15) is 115 Å². The van der Waals surface area contributed by atoms with Crippen molar-refractivity contribution in [3.63, 3.8) is 0 Å². The summed E-state index contributed by atoms with van der Waals surface area (Å²) in [7, 11) is 0. The lowest BCUT2D eigenvalue weighted by Gasteiger charge is -2.20. The molecule has 0 saturated heterocycles. The molecule has 2 unspecified atom stereocenters. The number of aryl methyl sites for hydroxylation is 4. The van der Waals surface area contributed by atoms with Crippen molar-refractivity contribution in [2.24, 2.45) is 23.7 Å². The molecule has 2 atom stereocenters. The number of benzene rings is 4. The van der Waals surface area contributed by atoms with Gasteiger partial charge in [-0.05, 0) is 118 Å². The van der Waals surface area contributed by atoms with Crippen LogP contribution in [0.3, 0.4) is 0 Å². The van der Waals surface area contributed by atoms with Crippen molar-refractivity contribution in [1.82, 2.24) is 0 Å². The first-order chi connectivity index (χ1) is 18.2. The highest BCUT2D eigenvalue weighted by molar-refractivity contribution is 6.25. The summed E-state index contributed by atoms with van der Waals surface area (Å²) < 4.78 is 0. The predicted molar refractivity (Wildman–Crippen MR) is 172 cm³/mol. The lowest BCUT2D eigenvalue weighted by Crippen LogP contribution is -2.02. The Morgan fingerprint density at radius 1 is 0.474 bits per heavy atom. The summed E-state index contributed by atoms with van der Waals surface area (Å²) >= 11 is 0. The zero-order valence-corrected chi connectivity index (χ0v) is 25.8. The fraction of sp³-hybridized carbons (Fsp3) is 0.579. The van der Waals surface area contributed by atoms with E-state index >= 15 is 0 Å². The minimum absolute atomic E-state index is 0.795. The van der Waals surface area contributed by atoms with Crippen LogP contribution in [0.25, 0.3) is 32.3 Å². The lowest BCUT2D eigenvalue weighted by atomic mass is 9.84. The van der Waals surface area contributed by atoms with E-state index in [2.05, 4.69) is 91.8 Å². The topological polar surface area (TPSA) is 0 Å². The van der Waals surface area contributed by atoms with Gasteiger partial charge in [-0.15, -0.1) is 0 Å². The first-order valence-electron chi connectivity index (χ1n) is 15.8. The molecule has 0 bridgehead atoms. The Morgan fingerprint density at radius 3 is 1.21 bits per heavy atom. The van der Waals surface area contributed by atoms with Gasteiger partial charge in [-0.1, -0.05) is 116 Å². The SMILES string of the molecule is Cc1cc(CCC(C)CCCC(C)C)c2ccc3c(CCC(C)CCCC(C)C)cc(C)c4ccc1c2c43. The molecule has 0 aliphatic heterocycles. The van der Waals surface area contributed by atoms with Crippen LogP contribution in [-0.4, -0.2) is 0 Å². The molecule has 0 N–H and O–H groups in total. The monoisotopic (exact) mass is 510 g/mol. The van der Waals surface area contributed by atoms with Crippen LogP contribution in [0, 0.1) is 37.5 Å². The van der Waals surface area contributed by atoms with Gasteiger partial charge in [0.2, 0.25) is 0 Å². The highest BCUT2D eigenvalue weighted by atomic mass is 14.2. The van der Waals surface area contributed by atoms with Crippen LogP contribution in [-0.2, 0) is 12.8 Å². The summed E-state index contributed by atoms with van der Waals surface area (Å²) in [5, 5.41) is 8.94. The van der Waals surface area contributed by atoms with Crippen LogP contribution in [0.5, 0.6) is 0 Å². The van der Waals surface area contributed by atoms with Crippen LogP contribution >= 0.6 is 0 Å². The van der Waals surface area contributed by atoms with E-state index in [0.717, 1.165) is 23.7 Å². The van der Waals surface area contributed by atoms with Gasteiger partial charge in [-0.3, -0.25) is 0 Å². The summed E-state index contributed by atoms with van der Waals surface area (Å²) in [5.74, 6) is 3.24. The molecule has 0 saturated carbocycles. The third-order valence-electron chi connectivity index (χ3n) is 9.25. The molecule has 0 heterocycles. The Labute approximate surface area is 233 Å². The summed E-state index contributed by atoms with van der Waals surface area (Å²) in [6.07, 6.45) is 13.2. The minimum atomic E-state index is 0.795. The maximum absolute atomic E-state index is 2.50. The maximum Gasteiger partial charge on any atom is -0.00212 e. The molecule has 0 aliphatic rings. The van der Waals surface area contributed by atoms with Crippen molar-refractivity contribution in [1.29, 1.82) is 0 Å². The average Bonchev–Trinajstić information content (AvgIpc) is 2.86. The summed E-state index contributed by atoms with van der Waals surface area (Å²) in [6.45, 7) is 19.0. The van der Waals surface area contributed by atoms with Gasteiger partial charge in [0, 0.05) is 0 Å². The molecule has 206 valence electrons. The average molecular weight is 511 g/mol. The van der Waals surface area contributed by atoms with Crippen molar-refractivity contribution in [2.45, 2.75) is 120 Å². The van der Waals surface area contributed by atoms with Gasteiger partial charge in [0.05, 0.1) is 0 Å². The molecular formula is C38H54. The molecule has 0 spiro atoms. The normalized spacial score (nSPS) is 14.1. The molecule has 4 aromatic carbocycles. The highest BCUT2D eigenvalue weighted by Crippen LogP contribution is 2.41. The largest absolute Gasteiger partial charge is 0.0628 e. The summed E-state index contributed by atoms with van der Waals surface area (Å²) in [4.78, 5) is 0. The van der Waals surface area contributed by atoms with Gasteiger partial charge in [0.25, 0.3) is 0 Å². The zero-order chi connectivity index (χ0) is 27.4. The summed E-state index contributed by atoms with van der Waals surface area (Å²) in [5.41, 5.74) is 6.00. The summed E-state index contributed by atoms with van der Waals surface area (Å²) in [6, 6.07) is 14.7. The van der Waals surface area contributed by atoms with Gasteiger partial charge in [0.15, 0.2) is 0 Å². The van der Waals surface area contributed by atoms with E-state index < -0.39 is 0 Å². The maximum atomic E-state index is 2.50. The number of hydrogen-bond donors (Lipinski definition) is 0. The van der Waals surface area contributed by atoms with Crippen molar-refractivity contribution in [3.8, 4) is 0 Å². The van der Waals surface area contributed by atoms with Gasteiger partial charge < -0.3 is 0 Å². The second-order valence-corrected chi connectivity index (χ2v) is 13.7. The molecule has 0 heteroatoms. The van der Waals surface area contributed by atoms with Crippen molar-refractivity contribution >= 4 is 32.3 Å².